The van der Waals surface area contributed by atoms with Gasteiger partial charge in [-0.2, -0.15) is 5.06 Å². The Kier molecular flexibility index (Phi) is 6.24. The summed E-state index contributed by atoms with van der Waals surface area (Å²) < 4.78 is 11.7. The fourth-order valence-electron chi connectivity index (χ4n) is 1.70. The van der Waals surface area contributed by atoms with Gasteiger partial charge in [-0.15, -0.1) is 0 Å². The quantitative estimate of drug-likeness (QED) is 0.398. The van der Waals surface area contributed by atoms with Crippen LogP contribution in [0.15, 0.2) is 24.3 Å². The monoisotopic (exact) mass is 365 g/mol. The van der Waals surface area contributed by atoms with E-state index in [2.05, 4.69) is 33.9 Å². The molecule has 0 saturated carbocycles. The molecule has 0 aliphatic carbocycles. The second-order valence-corrected chi connectivity index (χ2v) is 13.4. The first-order valence-corrected chi connectivity index (χ1v) is 11.4. The first-order chi connectivity index (χ1) is 11.1. The summed E-state index contributed by atoms with van der Waals surface area (Å²) in [5, 5.41) is 1.15. The summed E-state index contributed by atoms with van der Waals surface area (Å²) in [5.41, 5.74) is 0.495. The molecule has 0 saturated heterocycles. The van der Waals surface area contributed by atoms with Crippen molar-refractivity contribution in [3.63, 3.8) is 0 Å². The van der Waals surface area contributed by atoms with Crippen LogP contribution in [0.5, 0.6) is 0 Å². The van der Waals surface area contributed by atoms with E-state index in [0.29, 0.717) is 11.3 Å². The zero-order valence-corrected chi connectivity index (χ0v) is 17.9. The lowest BCUT2D eigenvalue weighted by atomic mass is 10.1. The second-order valence-electron chi connectivity index (χ2n) is 8.73. The number of ether oxygens (including phenoxy) is 1. The minimum absolute atomic E-state index is 0.0271. The number of hydrogen-bond donors (Lipinski definition) is 0. The Morgan fingerprint density at radius 2 is 1.44 bits per heavy atom. The summed E-state index contributed by atoms with van der Waals surface area (Å²) in [6, 6.07) is 6.77. The lowest BCUT2D eigenvalue weighted by Gasteiger charge is -2.39. The fraction of sp³-hybridized carbons (Fsp3) is 0.579. The third kappa shape index (κ3) is 5.97. The number of nitrogens with zero attached hydrogens (tertiary/aromatic N) is 1. The van der Waals surface area contributed by atoms with Crippen molar-refractivity contribution in [3.05, 3.63) is 29.8 Å². The SMILES string of the molecule is CC(=O)c1ccc(N(O[Si](C)(C)C(C)(C)C)C(=O)OC(C)(C)C)cc1. The Hall–Kier alpha value is -1.66. The number of ketones is 1. The Bertz CT molecular complexity index is 624. The van der Waals surface area contributed by atoms with Gasteiger partial charge in [0.25, 0.3) is 0 Å². The van der Waals surface area contributed by atoms with Crippen molar-refractivity contribution >= 4 is 25.9 Å². The number of Topliss-reactive ketones (excluding diaryl/α,β-unsaturated/α-hetero) is 1. The van der Waals surface area contributed by atoms with Gasteiger partial charge in [-0.3, -0.25) is 4.79 Å². The molecule has 0 aromatic heterocycles. The van der Waals surface area contributed by atoms with Gasteiger partial charge in [0, 0.05) is 5.56 Å². The van der Waals surface area contributed by atoms with Crippen molar-refractivity contribution in [2.45, 2.75) is 72.2 Å². The third-order valence-corrected chi connectivity index (χ3v) is 8.44. The molecule has 1 aromatic carbocycles. The predicted molar refractivity (Wildman–Crippen MR) is 103 cm³/mol. The van der Waals surface area contributed by atoms with E-state index in [0.717, 1.165) is 0 Å². The Morgan fingerprint density at radius 1 is 0.960 bits per heavy atom. The maximum absolute atomic E-state index is 12.7. The number of carbonyl (C=O) groups is 2. The van der Waals surface area contributed by atoms with E-state index in [-0.39, 0.29) is 10.8 Å². The first kappa shape index (κ1) is 21.4. The van der Waals surface area contributed by atoms with E-state index in [1.54, 1.807) is 24.3 Å². The van der Waals surface area contributed by atoms with Crippen molar-refractivity contribution in [1.29, 1.82) is 0 Å². The van der Waals surface area contributed by atoms with Crippen LogP contribution in [-0.4, -0.2) is 25.8 Å². The standard InChI is InChI=1S/C19H31NO4Si/c1-14(21)15-10-12-16(13-11-15)20(17(22)23-18(2,3)4)24-25(8,9)19(5,6)7/h10-13H,1-9H3. The van der Waals surface area contributed by atoms with Crippen molar-refractivity contribution in [2.24, 2.45) is 0 Å². The third-order valence-electron chi connectivity index (χ3n) is 4.19. The molecule has 0 bridgehead atoms. The maximum atomic E-state index is 12.7. The van der Waals surface area contributed by atoms with Crippen LogP contribution in [0.4, 0.5) is 10.5 Å². The van der Waals surface area contributed by atoms with Crippen LogP contribution >= 0.6 is 0 Å². The summed E-state index contributed by atoms with van der Waals surface area (Å²) in [4.78, 5) is 24.2. The molecule has 6 heteroatoms. The molecule has 5 nitrogen and oxygen atoms in total. The average molecular weight is 366 g/mol. The van der Waals surface area contributed by atoms with Crippen LogP contribution in [0.25, 0.3) is 0 Å². The molecule has 1 rings (SSSR count). The van der Waals surface area contributed by atoms with Gasteiger partial charge < -0.3 is 9.26 Å². The van der Waals surface area contributed by atoms with Gasteiger partial charge in [0.15, 0.2) is 5.78 Å². The zero-order chi connectivity index (χ0) is 19.6. The highest BCUT2D eigenvalue weighted by atomic mass is 28.4. The molecule has 140 valence electrons. The molecule has 0 aliphatic heterocycles. The minimum Gasteiger partial charge on any atom is -0.442 e. The second kappa shape index (κ2) is 7.29. The van der Waals surface area contributed by atoms with Crippen LogP contribution in [-0.2, 0) is 9.26 Å². The normalized spacial score (nSPS) is 12.7. The molecule has 0 atom stereocenters. The van der Waals surface area contributed by atoms with Gasteiger partial charge in [-0.25, -0.2) is 4.79 Å². The molecule has 0 spiro atoms. The highest BCUT2D eigenvalue weighted by molar-refractivity contribution is 6.74. The van der Waals surface area contributed by atoms with Crippen molar-refractivity contribution < 1.29 is 18.9 Å². The van der Waals surface area contributed by atoms with E-state index in [9.17, 15) is 9.59 Å². The summed E-state index contributed by atoms with van der Waals surface area (Å²) in [6.07, 6.45) is -0.562. The van der Waals surface area contributed by atoms with Crippen LogP contribution < -0.4 is 5.06 Å². The summed E-state index contributed by atoms with van der Waals surface area (Å²) in [6.45, 7) is 17.4. The average Bonchev–Trinajstić information content (AvgIpc) is 2.41. The number of hydrogen-bond acceptors (Lipinski definition) is 4. The number of rotatable bonds is 4. The molecule has 25 heavy (non-hydrogen) atoms. The molecular formula is C19H31NO4Si. The molecule has 0 radical (unpaired) electrons. The highest BCUT2D eigenvalue weighted by Crippen LogP contribution is 2.38. The van der Waals surface area contributed by atoms with E-state index in [4.69, 9.17) is 9.26 Å². The smallest absolute Gasteiger partial charge is 0.438 e. The number of hydroxylamine groups is 1. The molecule has 1 aromatic rings. The minimum atomic E-state index is -2.27. The Labute approximate surface area is 152 Å². The fourth-order valence-corrected chi connectivity index (χ4v) is 2.61. The predicted octanol–water partition coefficient (Wildman–Crippen LogP) is 5.57. The number of carbonyl (C=O) groups excluding carboxylic acids is 2. The van der Waals surface area contributed by atoms with E-state index in [1.165, 1.54) is 12.0 Å². The lowest BCUT2D eigenvalue weighted by Crippen LogP contribution is -2.50. The van der Waals surface area contributed by atoms with Gasteiger partial charge in [0.1, 0.15) is 5.60 Å². The Morgan fingerprint density at radius 3 is 1.80 bits per heavy atom. The summed E-state index contributed by atoms with van der Waals surface area (Å²) >= 11 is 0. The topological polar surface area (TPSA) is 55.8 Å². The molecule has 0 N–H and O–H groups in total. The van der Waals surface area contributed by atoms with E-state index >= 15 is 0 Å². The molecule has 1 amide bonds. The van der Waals surface area contributed by atoms with Gasteiger partial charge in [-0.1, -0.05) is 20.8 Å². The van der Waals surface area contributed by atoms with Gasteiger partial charge in [0.05, 0.1) is 5.69 Å². The van der Waals surface area contributed by atoms with Crippen LogP contribution in [0.1, 0.15) is 58.8 Å². The largest absolute Gasteiger partial charge is 0.442 e. The number of benzene rings is 1. The zero-order valence-electron chi connectivity index (χ0n) is 16.9. The Balaban J connectivity index is 3.23. The van der Waals surface area contributed by atoms with Crippen molar-refractivity contribution in [2.75, 3.05) is 5.06 Å². The van der Waals surface area contributed by atoms with Crippen LogP contribution in [0.2, 0.25) is 18.1 Å². The van der Waals surface area contributed by atoms with Gasteiger partial charge in [-0.05, 0) is 70.1 Å². The van der Waals surface area contributed by atoms with Gasteiger partial charge >= 0.3 is 6.09 Å². The summed E-state index contributed by atoms with van der Waals surface area (Å²) in [5.74, 6) is -0.0271. The van der Waals surface area contributed by atoms with Gasteiger partial charge in [0.2, 0.25) is 8.32 Å². The van der Waals surface area contributed by atoms with Crippen molar-refractivity contribution in [3.8, 4) is 0 Å². The number of anilines is 1. The first-order valence-electron chi connectivity index (χ1n) is 8.47. The van der Waals surface area contributed by atoms with Crippen LogP contribution in [0.3, 0.4) is 0 Å². The molecule has 0 aliphatic rings. The van der Waals surface area contributed by atoms with E-state index in [1.807, 2.05) is 20.8 Å². The van der Waals surface area contributed by atoms with E-state index < -0.39 is 20.0 Å². The molecule has 0 unspecified atom stereocenters. The van der Waals surface area contributed by atoms with Crippen LogP contribution in [0, 0.1) is 0 Å². The highest BCUT2D eigenvalue weighted by Gasteiger charge is 2.42. The number of amides is 1. The lowest BCUT2D eigenvalue weighted by molar-refractivity contribution is 0.0421. The van der Waals surface area contributed by atoms with Crippen molar-refractivity contribution in [1.82, 2.24) is 0 Å². The molecule has 0 heterocycles. The molecular weight excluding hydrogens is 334 g/mol. The summed E-state index contributed by atoms with van der Waals surface area (Å²) in [7, 11) is -2.27. The maximum Gasteiger partial charge on any atom is 0.438 e. The molecule has 0 fully saturated rings.